The molecule has 0 aliphatic heterocycles. The number of nitrogens with zero attached hydrogens (tertiary/aromatic N) is 3. The summed E-state index contributed by atoms with van der Waals surface area (Å²) in [5, 5.41) is 21.5. The number of aryl methyl sites for hydroxylation is 1. The van der Waals surface area contributed by atoms with Crippen LogP contribution in [0.15, 0.2) is 23.3 Å². The van der Waals surface area contributed by atoms with Crippen molar-refractivity contribution in [2.45, 2.75) is 13.8 Å². The molecule has 0 aliphatic rings. The fourth-order valence-electron chi connectivity index (χ4n) is 1.62. The fraction of sp³-hybridized carbons (Fsp3) is 0.286. The number of hydrogen-bond acceptors (Lipinski definition) is 6. The van der Waals surface area contributed by atoms with Gasteiger partial charge in [0.2, 0.25) is 5.71 Å². The number of benzene rings is 1. The summed E-state index contributed by atoms with van der Waals surface area (Å²) in [5.74, 6) is -0.317. The van der Waals surface area contributed by atoms with Crippen LogP contribution in [0.4, 0.5) is 10.5 Å². The van der Waals surface area contributed by atoms with E-state index in [0.29, 0.717) is 16.3 Å². The van der Waals surface area contributed by atoms with Crippen molar-refractivity contribution in [3.8, 4) is 11.8 Å². The number of rotatable bonds is 5. The van der Waals surface area contributed by atoms with Crippen LogP contribution in [0, 0.1) is 18.3 Å². The highest BCUT2D eigenvalue weighted by Crippen LogP contribution is 2.20. The highest BCUT2D eigenvalue weighted by atomic mass is 16.5. The highest BCUT2D eigenvalue weighted by Gasteiger charge is 2.24. The van der Waals surface area contributed by atoms with Crippen molar-refractivity contribution in [3.05, 3.63) is 23.8 Å². The van der Waals surface area contributed by atoms with Crippen LogP contribution in [-0.2, 0) is 4.79 Å². The number of imide groups is 1. The lowest BCUT2D eigenvalue weighted by molar-refractivity contribution is -0.121. The minimum absolute atomic E-state index is 0.0730. The summed E-state index contributed by atoms with van der Waals surface area (Å²) in [5.41, 5.74) is 3.40. The third-order valence-electron chi connectivity index (χ3n) is 2.82. The standard InChI is InChI=1S/C14H16N4O4/c1-4-18(14(20)21)13(19)12(8-15)17-16-11-6-5-10(22-3)7-9(11)2/h5-7,16H,4H2,1-3H3,(H,20,21)/b17-12-. The van der Waals surface area contributed by atoms with Crippen molar-refractivity contribution in [2.24, 2.45) is 5.10 Å². The van der Waals surface area contributed by atoms with Crippen LogP contribution in [0.5, 0.6) is 5.75 Å². The number of carboxylic acid groups (broad SMARTS) is 1. The Morgan fingerprint density at radius 3 is 2.64 bits per heavy atom. The Morgan fingerprint density at radius 2 is 2.18 bits per heavy atom. The maximum absolute atomic E-state index is 11.9. The van der Waals surface area contributed by atoms with Gasteiger partial charge in [0, 0.05) is 6.54 Å². The molecule has 116 valence electrons. The first-order valence-electron chi connectivity index (χ1n) is 6.37. The number of anilines is 1. The first kappa shape index (κ1) is 17.0. The third-order valence-corrected chi connectivity index (χ3v) is 2.82. The zero-order valence-corrected chi connectivity index (χ0v) is 12.5. The number of ether oxygens (including phenoxy) is 1. The van der Waals surface area contributed by atoms with Crippen LogP contribution >= 0.6 is 0 Å². The summed E-state index contributed by atoms with van der Waals surface area (Å²) in [6, 6.07) is 6.70. The van der Waals surface area contributed by atoms with Crippen molar-refractivity contribution in [3.63, 3.8) is 0 Å². The lowest BCUT2D eigenvalue weighted by Gasteiger charge is -2.13. The molecule has 0 aliphatic carbocycles. The molecule has 0 unspecified atom stereocenters. The van der Waals surface area contributed by atoms with Gasteiger partial charge in [-0.3, -0.25) is 10.2 Å². The molecule has 0 saturated heterocycles. The maximum Gasteiger partial charge on any atom is 0.414 e. The van der Waals surface area contributed by atoms with Gasteiger partial charge < -0.3 is 9.84 Å². The molecule has 0 aromatic heterocycles. The Balaban J connectivity index is 2.97. The number of carbonyl (C=O) groups excluding carboxylic acids is 1. The molecular weight excluding hydrogens is 288 g/mol. The number of hydrazone groups is 1. The normalized spacial score (nSPS) is 10.5. The molecule has 0 saturated carbocycles. The average Bonchev–Trinajstić information content (AvgIpc) is 2.49. The molecule has 1 aromatic rings. The van der Waals surface area contributed by atoms with Crippen molar-refractivity contribution in [1.82, 2.24) is 4.90 Å². The molecule has 0 atom stereocenters. The molecule has 0 bridgehead atoms. The van der Waals surface area contributed by atoms with E-state index in [9.17, 15) is 9.59 Å². The van der Waals surface area contributed by atoms with Crippen molar-refractivity contribution in [2.75, 3.05) is 19.1 Å². The Bertz CT molecular complexity index is 649. The van der Waals surface area contributed by atoms with Crippen LogP contribution < -0.4 is 10.2 Å². The minimum Gasteiger partial charge on any atom is -0.497 e. The van der Waals surface area contributed by atoms with Crippen LogP contribution in [0.1, 0.15) is 12.5 Å². The van der Waals surface area contributed by atoms with Gasteiger partial charge in [-0.15, -0.1) is 0 Å². The molecule has 0 radical (unpaired) electrons. The molecule has 0 heterocycles. The predicted molar refractivity (Wildman–Crippen MR) is 79.8 cm³/mol. The van der Waals surface area contributed by atoms with E-state index in [1.807, 2.05) is 0 Å². The molecule has 1 rings (SSSR count). The second-order valence-corrected chi connectivity index (χ2v) is 4.20. The Labute approximate surface area is 127 Å². The van der Waals surface area contributed by atoms with Gasteiger partial charge in [-0.2, -0.15) is 10.4 Å². The Kier molecular flexibility index (Phi) is 5.89. The average molecular weight is 304 g/mol. The SMILES string of the molecule is CCN(C(=O)O)C(=O)/C(C#N)=N\Nc1ccc(OC)cc1C. The van der Waals surface area contributed by atoms with Gasteiger partial charge in [0.15, 0.2) is 0 Å². The fourth-order valence-corrected chi connectivity index (χ4v) is 1.62. The molecular formula is C14H16N4O4. The summed E-state index contributed by atoms with van der Waals surface area (Å²) >= 11 is 0. The molecule has 0 spiro atoms. The summed E-state index contributed by atoms with van der Waals surface area (Å²) in [4.78, 5) is 23.3. The number of nitrogens with one attached hydrogen (secondary N) is 1. The van der Waals surface area contributed by atoms with E-state index in [1.165, 1.54) is 14.0 Å². The van der Waals surface area contributed by atoms with Gasteiger partial charge in [-0.1, -0.05) is 0 Å². The van der Waals surface area contributed by atoms with Gasteiger partial charge in [0.1, 0.15) is 11.8 Å². The summed E-state index contributed by atoms with van der Waals surface area (Å²) in [6.45, 7) is 3.21. The van der Waals surface area contributed by atoms with Crippen LogP contribution in [-0.4, -0.2) is 41.4 Å². The van der Waals surface area contributed by atoms with Gasteiger partial charge in [-0.25, -0.2) is 9.69 Å². The molecule has 2 amide bonds. The second-order valence-electron chi connectivity index (χ2n) is 4.20. The highest BCUT2D eigenvalue weighted by molar-refractivity contribution is 6.46. The summed E-state index contributed by atoms with van der Waals surface area (Å²) in [7, 11) is 1.54. The monoisotopic (exact) mass is 304 g/mol. The topological polar surface area (TPSA) is 115 Å². The van der Waals surface area contributed by atoms with E-state index in [-0.39, 0.29) is 6.54 Å². The van der Waals surface area contributed by atoms with Crippen LogP contribution in [0.3, 0.4) is 0 Å². The minimum atomic E-state index is -1.43. The van der Waals surface area contributed by atoms with Gasteiger partial charge in [-0.05, 0) is 37.6 Å². The number of methoxy groups -OCH3 is 1. The number of carbonyl (C=O) groups is 2. The quantitative estimate of drug-likeness (QED) is 0.633. The van der Waals surface area contributed by atoms with Crippen molar-refractivity contribution >= 4 is 23.4 Å². The van der Waals surface area contributed by atoms with Crippen LogP contribution in [0.25, 0.3) is 0 Å². The third kappa shape index (κ3) is 3.96. The zero-order chi connectivity index (χ0) is 16.7. The number of nitriles is 1. The maximum atomic E-state index is 11.9. The van der Waals surface area contributed by atoms with Crippen LogP contribution in [0.2, 0.25) is 0 Å². The molecule has 8 heteroatoms. The predicted octanol–water partition coefficient (Wildman–Crippen LogP) is 1.82. The molecule has 8 nitrogen and oxygen atoms in total. The molecule has 22 heavy (non-hydrogen) atoms. The summed E-state index contributed by atoms with van der Waals surface area (Å²) in [6.07, 6.45) is -1.43. The lowest BCUT2D eigenvalue weighted by Crippen LogP contribution is -2.40. The van der Waals surface area contributed by atoms with E-state index in [4.69, 9.17) is 15.1 Å². The smallest absolute Gasteiger partial charge is 0.414 e. The number of hydrogen-bond donors (Lipinski definition) is 2. The van der Waals surface area contributed by atoms with E-state index in [2.05, 4.69) is 10.5 Å². The Hall–Kier alpha value is -3.08. The first-order valence-corrected chi connectivity index (χ1v) is 6.37. The van der Waals surface area contributed by atoms with E-state index < -0.39 is 17.7 Å². The first-order chi connectivity index (χ1) is 10.4. The van der Waals surface area contributed by atoms with E-state index in [1.54, 1.807) is 31.2 Å². The van der Waals surface area contributed by atoms with Gasteiger partial charge in [0.25, 0.3) is 5.91 Å². The van der Waals surface area contributed by atoms with Gasteiger partial charge in [0.05, 0.1) is 12.8 Å². The number of amides is 2. The molecule has 0 fully saturated rings. The van der Waals surface area contributed by atoms with Crippen molar-refractivity contribution < 1.29 is 19.4 Å². The van der Waals surface area contributed by atoms with E-state index >= 15 is 0 Å². The Morgan fingerprint density at radius 1 is 1.50 bits per heavy atom. The van der Waals surface area contributed by atoms with Crippen molar-refractivity contribution in [1.29, 1.82) is 5.26 Å². The second kappa shape index (κ2) is 7.64. The summed E-state index contributed by atoms with van der Waals surface area (Å²) < 4.78 is 5.07. The lowest BCUT2D eigenvalue weighted by atomic mass is 10.2. The largest absolute Gasteiger partial charge is 0.497 e. The van der Waals surface area contributed by atoms with E-state index in [0.717, 1.165) is 5.56 Å². The van der Waals surface area contributed by atoms with Gasteiger partial charge >= 0.3 is 6.09 Å². The zero-order valence-electron chi connectivity index (χ0n) is 12.5. The molecule has 2 N–H and O–H groups in total. The molecule has 1 aromatic carbocycles.